The second kappa shape index (κ2) is 6.41. The van der Waals surface area contributed by atoms with Crippen LogP contribution in [0.2, 0.25) is 0 Å². The zero-order valence-corrected chi connectivity index (χ0v) is 11.8. The summed E-state index contributed by atoms with van der Waals surface area (Å²) < 4.78 is 0. The number of carbonyl (C=O) groups excluding carboxylic acids is 1. The van der Waals surface area contributed by atoms with Crippen molar-refractivity contribution in [1.82, 2.24) is 15.1 Å². The third kappa shape index (κ3) is 3.61. The number of amides is 2. The topological polar surface area (TPSA) is 93.1 Å². The number of carboxylic acids is 1. The van der Waals surface area contributed by atoms with Crippen molar-refractivity contribution in [2.75, 3.05) is 33.2 Å². The van der Waals surface area contributed by atoms with E-state index in [0.29, 0.717) is 12.5 Å². The highest BCUT2D eigenvalue weighted by Gasteiger charge is 2.39. The first kappa shape index (κ1) is 15.1. The van der Waals surface area contributed by atoms with E-state index in [9.17, 15) is 14.7 Å². The average molecular weight is 285 g/mol. The fraction of sp³-hybridized carbons (Fsp3) is 0.846. The molecule has 3 N–H and O–H groups in total. The summed E-state index contributed by atoms with van der Waals surface area (Å²) in [4.78, 5) is 26.6. The number of urea groups is 1. The molecule has 2 fully saturated rings. The molecule has 1 unspecified atom stereocenters. The Morgan fingerprint density at radius 3 is 2.75 bits per heavy atom. The minimum atomic E-state index is -1.06. The Bertz CT molecular complexity index is 377. The number of carbonyl (C=O) groups is 2. The zero-order chi connectivity index (χ0) is 14.7. The SMILES string of the molecule is CN1CCCC(CNC(=O)N2C[C@H](O)C[C@@H]2C(=O)O)C1. The third-order valence-corrected chi connectivity index (χ3v) is 4.09. The molecule has 2 heterocycles. The molecule has 114 valence electrons. The van der Waals surface area contributed by atoms with Gasteiger partial charge in [0.05, 0.1) is 6.10 Å². The van der Waals surface area contributed by atoms with Crippen molar-refractivity contribution in [2.45, 2.75) is 31.4 Å². The first-order chi connectivity index (χ1) is 9.47. The van der Waals surface area contributed by atoms with E-state index < -0.39 is 18.1 Å². The van der Waals surface area contributed by atoms with Gasteiger partial charge in [0.2, 0.25) is 0 Å². The van der Waals surface area contributed by atoms with Crippen LogP contribution in [0.3, 0.4) is 0 Å². The molecule has 3 atom stereocenters. The van der Waals surface area contributed by atoms with Crippen LogP contribution in [-0.4, -0.2) is 77.4 Å². The summed E-state index contributed by atoms with van der Waals surface area (Å²) >= 11 is 0. The maximum absolute atomic E-state index is 12.1. The Labute approximate surface area is 118 Å². The smallest absolute Gasteiger partial charge is 0.326 e. The van der Waals surface area contributed by atoms with Gasteiger partial charge in [0.25, 0.3) is 0 Å². The Hall–Kier alpha value is -1.34. The van der Waals surface area contributed by atoms with Crippen LogP contribution < -0.4 is 5.32 Å². The van der Waals surface area contributed by atoms with E-state index in [-0.39, 0.29) is 19.0 Å². The molecule has 0 spiro atoms. The summed E-state index contributed by atoms with van der Waals surface area (Å²) in [5.41, 5.74) is 0. The number of likely N-dealkylation sites (tertiary alicyclic amines) is 2. The van der Waals surface area contributed by atoms with Gasteiger partial charge in [0, 0.05) is 26.1 Å². The quantitative estimate of drug-likeness (QED) is 0.653. The molecule has 2 aliphatic rings. The highest BCUT2D eigenvalue weighted by atomic mass is 16.4. The van der Waals surface area contributed by atoms with Gasteiger partial charge >= 0.3 is 12.0 Å². The van der Waals surface area contributed by atoms with Crippen molar-refractivity contribution in [1.29, 1.82) is 0 Å². The highest BCUT2D eigenvalue weighted by Crippen LogP contribution is 2.19. The van der Waals surface area contributed by atoms with E-state index in [0.717, 1.165) is 25.9 Å². The first-order valence-corrected chi connectivity index (χ1v) is 7.11. The van der Waals surface area contributed by atoms with Gasteiger partial charge < -0.3 is 25.3 Å². The summed E-state index contributed by atoms with van der Waals surface area (Å²) in [6, 6.07) is -1.30. The Morgan fingerprint density at radius 1 is 1.35 bits per heavy atom. The highest BCUT2D eigenvalue weighted by molar-refractivity contribution is 5.83. The van der Waals surface area contributed by atoms with Crippen molar-refractivity contribution < 1.29 is 19.8 Å². The van der Waals surface area contributed by atoms with Gasteiger partial charge in [0.1, 0.15) is 6.04 Å². The molecule has 20 heavy (non-hydrogen) atoms. The molecule has 0 bridgehead atoms. The van der Waals surface area contributed by atoms with Crippen LogP contribution in [0.1, 0.15) is 19.3 Å². The normalized spacial score (nSPS) is 31.3. The van der Waals surface area contributed by atoms with Crippen molar-refractivity contribution in [3.05, 3.63) is 0 Å². The fourth-order valence-corrected chi connectivity index (χ4v) is 3.05. The number of rotatable bonds is 3. The molecular weight excluding hydrogens is 262 g/mol. The summed E-state index contributed by atoms with van der Waals surface area (Å²) in [6.45, 7) is 2.69. The number of piperidine rings is 1. The minimum Gasteiger partial charge on any atom is -0.480 e. The van der Waals surface area contributed by atoms with Crippen LogP contribution in [0, 0.1) is 5.92 Å². The number of carboxylic acid groups (broad SMARTS) is 1. The molecule has 0 aromatic heterocycles. The predicted molar refractivity (Wildman–Crippen MR) is 72.4 cm³/mol. The average Bonchev–Trinajstić information content (AvgIpc) is 2.78. The number of nitrogens with zero attached hydrogens (tertiary/aromatic N) is 2. The number of aliphatic hydroxyl groups excluding tert-OH is 1. The second-order valence-corrected chi connectivity index (χ2v) is 5.85. The van der Waals surface area contributed by atoms with Crippen LogP contribution in [0.15, 0.2) is 0 Å². The van der Waals surface area contributed by atoms with E-state index >= 15 is 0 Å². The Kier molecular flexibility index (Phi) is 4.82. The van der Waals surface area contributed by atoms with Gasteiger partial charge in [0.15, 0.2) is 0 Å². The minimum absolute atomic E-state index is 0.0906. The monoisotopic (exact) mass is 285 g/mol. The van der Waals surface area contributed by atoms with E-state index in [2.05, 4.69) is 17.3 Å². The molecule has 2 aliphatic heterocycles. The van der Waals surface area contributed by atoms with E-state index in [4.69, 9.17) is 5.11 Å². The number of aliphatic carboxylic acids is 1. The van der Waals surface area contributed by atoms with Crippen LogP contribution in [0.4, 0.5) is 4.79 Å². The summed E-state index contributed by atoms with van der Waals surface area (Å²) in [7, 11) is 2.06. The summed E-state index contributed by atoms with van der Waals surface area (Å²) in [5.74, 6) is -0.650. The predicted octanol–water partition coefficient (Wildman–Crippen LogP) is -0.442. The number of hydrogen-bond donors (Lipinski definition) is 3. The van der Waals surface area contributed by atoms with E-state index in [1.165, 1.54) is 4.90 Å². The molecule has 7 nitrogen and oxygen atoms in total. The molecule has 0 aromatic carbocycles. The standard InChI is InChI=1S/C13H23N3O4/c1-15-4-2-3-9(7-15)6-14-13(20)16-8-10(17)5-11(16)12(18)19/h9-11,17H,2-8H2,1H3,(H,14,20)(H,18,19)/t9?,10-,11-/m1/s1. The molecule has 2 saturated heterocycles. The summed E-state index contributed by atoms with van der Waals surface area (Å²) in [5, 5.41) is 21.4. The molecule has 2 amide bonds. The number of β-amino-alcohol motifs (C(OH)–C–C–N with tert-alkyl or cyclic N) is 1. The van der Waals surface area contributed by atoms with Gasteiger partial charge in [-0.3, -0.25) is 0 Å². The van der Waals surface area contributed by atoms with Crippen LogP contribution in [0.5, 0.6) is 0 Å². The van der Waals surface area contributed by atoms with E-state index in [1.807, 2.05) is 0 Å². The lowest BCUT2D eigenvalue weighted by atomic mass is 9.99. The van der Waals surface area contributed by atoms with Crippen molar-refractivity contribution in [3.63, 3.8) is 0 Å². The molecule has 0 radical (unpaired) electrons. The molecule has 0 aliphatic carbocycles. The van der Waals surface area contributed by atoms with Crippen LogP contribution >= 0.6 is 0 Å². The number of nitrogens with one attached hydrogen (secondary N) is 1. The van der Waals surface area contributed by atoms with Crippen molar-refractivity contribution in [3.8, 4) is 0 Å². The fourth-order valence-electron chi connectivity index (χ4n) is 3.05. The molecule has 0 saturated carbocycles. The zero-order valence-electron chi connectivity index (χ0n) is 11.8. The molecular formula is C13H23N3O4. The molecule has 2 rings (SSSR count). The maximum atomic E-state index is 12.1. The Balaban J connectivity index is 1.83. The van der Waals surface area contributed by atoms with Gasteiger partial charge in [-0.2, -0.15) is 0 Å². The van der Waals surface area contributed by atoms with Gasteiger partial charge in [-0.15, -0.1) is 0 Å². The first-order valence-electron chi connectivity index (χ1n) is 7.11. The number of aliphatic hydroxyl groups is 1. The largest absolute Gasteiger partial charge is 0.480 e. The van der Waals surface area contributed by atoms with Crippen molar-refractivity contribution in [2.24, 2.45) is 5.92 Å². The van der Waals surface area contributed by atoms with Gasteiger partial charge in [-0.1, -0.05) is 0 Å². The number of hydrogen-bond acceptors (Lipinski definition) is 4. The lowest BCUT2D eigenvalue weighted by Crippen LogP contribution is -2.48. The maximum Gasteiger partial charge on any atom is 0.326 e. The van der Waals surface area contributed by atoms with E-state index in [1.54, 1.807) is 0 Å². The van der Waals surface area contributed by atoms with Crippen molar-refractivity contribution >= 4 is 12.0 Å². The third-order valence-electron chi connectivity index (χ3n) is 4.09. The van der Waals surface area contributed by atoms with Gasteiger partial charge in [-0.25, -0.2) is 9.59 Å². The van der Waals surface area contributed by atoms with Crippen LogP contribution in [-0.2, 0) is 4.79 Å². The Morgan fingerprint density at radius 2 is 2.10 bits per heavy atom. The second-order valence-electron chi connectivity index (χ2n) is 5.85. The summed E-state index contributed by atoms with van der Waals surface area (Å²) in [6.07, 6.45) is 1.56. The lowest BCUT2D eigenvalue weighted by Gasteiger charge is -2.30. The molecule has 7 heteroatoms. The van der Waals surface area contributed by atoms with Crippen LogP contribution in [0.25, 0.3) is 0 Å². The lowest BCUT2D eigenvalue weighted by molar-refractivity contribution is -0.141. The van der Waals surface area contributed by atoms with Gasteiger partial charge in [-0.05, 0) is 32.4 Å². The molecule has 0 aromatic rings.